The van der Waals surface area contributed by atoms with E-state index in [0.717, 1.165) is 25.9 Å². The van der Waals surface area contributed by atoms with Gasteiger partial charge in [0.15, 0.2) is 0 Å². The number of nitro groups is 1. The molecular formula is C14H20N4O3. The number of aromatic nitrogens is 1. The van der Waals surface area contributed by atoms with Crippen molar-refractivity contribution in [3.63, 3.8) is 0 Å². The highest BCUT2D eigenvalue weighted by atomic mass is 16.6. The van der Waals surface area contributed by atoms with Gasteiger partial charge in [0, 0.05) is 31.1 Å². The van der Waals surface area contributed by atoms with Crippen LogP contribution >= 0.6 is 0 Å². The van der Waals surface area contributed by atoms with E-state index in [4.69, 9.17) is 0 Å². The van der Waals surface area contributed by atoms with Crippen molar-refractivity contribution in [1.29, 1.82) is 0 Å². The summed E-state index contributed by atoms with van der Waals surface area (Å²) in [5.41, 5.74) is -0.0158. The van der Waals surface area contributed by atoms with Gasteiger partial charge in [-0.15, -0.1) is 0 Å². The topological polar surface area (TPSA) is 88.4 Å². The zero-order valence-electron chi connectivity index (χ0n) is 12.3. The Kier molecular flexibility index (Phi) is 4.72. The quantitative estimate of drug-likeness (QED) is 0.677. The minimum absolute atomic E-state index is 0.0158. The predicted octanol–water partition coefficient (Wildman–Crippen LogP) is 2.05. The molecular weight excluding hydrogens is 272 g/mol. The summed E-state index contributed by atoms with van der Waals surface area (Å²) in [4.78, 5) is 27.9. The maximum absolute atomic E-state index is 11.9. The van der Waals surface area contributed by atoms with Crippen LogP contribution in [-0.4, -0.2) is 39.8 Å². The number of nitrogens with one attached hydrogen (secondary N) is 1. The molecule has 0 spiro atoms. The van der Waals surface area contributed by atoms with Gasteiger partial charge in [-0.05, 0) is 18.9 Å². The molecule has 1 aromatic rings. The van der Waals surface area contributed by atoms with Crippen LogP contribution in [0.2, 0.25) is 0 Å². The van der Waals surface area contributed by atoms with Crippen LogP contribution in [0.3, 0.4) is 0 Å². The first kappa shape index (κ1) is 15.2. The third-order valence-electron chi connectivity index (χ3n) is 3.61. The third kappa shape index (κ3) is 3.90. The molecule has 2 heterocycles. The van der Waals surface area contributed by atoms with Crippen LogP contribution in [-0.2, 0) is 4.79 Å². The highest BCUT2D eigenvalue weighted by Gasteiger charge is 2.24. The lowest BCUT2D eigenvalue weighted by molar-refractivity contribution is -0.385. The molecule has 1 aromatic heterocycles. The number of likely N-dealkylation sites (tertiary alicyclic amines) is 1. The molecule has 1 fully saturated rings. The van der Waals surface area contributed by atoms with Crippen LogP contribution in [0.4, 0.5) is 11.5 Å². The van der Waals surface area contributed by atoms with Gasteiger partial charge in [-0.2, -0.15) is 0 Å². The molecule has 7 heteroatoms. The van der Waals surface area contributed by atoms with E-state index in [2.05, 4.69) is 10.3 Å². The summed E-state index contributed by atoms with van der Waals surface area (Å²) in [6.45, 7) is 5.30. The maximum atomic E-state index is 11.9. The number of amides is 1. The van der Waals surface area contributed by atoms with E-state index in [1.807, 2.05) is 18.7 Å². The second kappa shape index (κ2) is 6.51. The Balaban J connectivity index is 1.86. The summed E-state index contributed by atoms with van der Waals surface area (Å²) in [6.07, 6.45) is 2.97. The molecule has 0 aromatic carbocycles. The van der Waals surface area contributed by atoms with Crippen molar-refractivity contribution in [2.24, 2.45) is 5.92 Å². The molecule has 0 atom stereocenters. The molecule has 0 radical (unpaired) electrons. The molecule has 1 amide bonds. The molecule has 1 aliphatic heterocycles. The number of carbonyl (C=O) groups is 1. The number of nitrogens with zero attached hydrogens (tertiary/aromatic N) is 3. The fraction of sp³-hybridized carbons (Fsp3) is 0.571. The van der Waals surface area contributed by atoms with Gasteiger partial charge in [0.25, 0.3) is 5.69 Å². The lowest BCUT2D eigenvalue weighted by atomic mass is 10.0. The maximum Gasteiger partial charge on any atom is 0.287 e. The van der Waals surface area contributed by atoms with Gasteiger partial charge in [-0.1, -0.05) is 13.8 Å². The normalized spacial score (nSPS) is 16.0. The van der Waals surface area contributed by atoms with E-state index in [-0.39, 0.29) is 23.6 Å². The smallest absolute Gasteiger partial charge is 0.287 e. The van der Waals surface area contributed by atoms with E-state index in [1.165, 1.54) is 12.3 Å². The SMILES string of the molecule is CC(C)C(=O)N1CCC(Nc2ccc([N+](=O)[O-])cn2)CC1. The lowest BCUT2D eigenvalue weighted by Crippen LogP contribution is -2.44. The summed E-state index contributed by atoms with van der Waals surface area (Å²) in [6, 6.07) is 3.30. The number of anilines is 1. The average molecular weight is 292 g/mol. The van der Waals surface area contributed by atoms with Gasteiger partial charge < -0.3 is 10.2 Å². The standard InChI is InChI=1S/C14H20N4O3/c1-10(2)14(19)17-7-5-11(6-8-17)16-13-4-3-12(9-15-13)18(20)21/h3-4,9-11H,5-8H2,1-2H3,(H,15,16). The Morgan fingerprint density at radius 2 is 2.10 bits per heavy atom. The molecule has 0 saturated carbocycles. The van der Waals surface area contributed by atoms with Crippen molar-refractivity contribution in [1.82, 2.24) is 9.88 Å². The van der Waals surface area contributed by atoms with Crippen molar-refractivity contribution in [3.05, 3.63) is 28.4 Å². The average Bonchev–Trinajstić information content (AvgIpc) is 2.47. The van der Waals surface area contributed by atoms with E-state index >= 15 is 0 Å². The molecule has 0 aliphatic carbocycles. The van der Waals surface area contributed by atoms with Crippen molar-refractivity contribution >= 4 is 17.4 Å². The summed E-state index contributed by atoms with van der Waals surface area (Å²) < 4.78 is 0. The lowest BCUT2D eigenvalue weighted by Gasteiger charge is -2.33. The summed E-state index contributed by atoms with van der Waals surface area (Å²) in [5, 5.41) is 13.8. The second-order valence-electron chi connectivity index (χ2n) is 5.56. The summed E-state index contributed by atoms with van der Waals surface area (Å²) in [5.74, 6) is 0.863. The highest BCUT2D eigenvalue weighted by Crippen LogP contribution is 2.18. The number of pyridine rings is 1. The molecule has 0 unspecified atom stereocenters. The van der Waals surface area contributed by atoms with E-state index in [1.54, 1.807) is 6.07 Å². The van der Waals surface area contributed by atoms with Crippen molar-refractivity contribution < 1.29 is 9.72 Å². The van der Waals surface area contributed by atoms with Crippen molar-refractivity contribution in [3.8, 4) is 0 Å². The molecule has 0 bridgehead atoms. The Labute approximate surface area is 123 Å². The zero-order chi connectivity index (χ0) is 15.4. The van der Waals surface area contributed by atoms with Crippen LogP contribution in [0.1, 0.15) is 26.7 Å². The largest absolute Gasteiger partial charge is 0.367 e. The Morgan fingerprint density at radius 1 is 1.43 bits per heavy atom. The fourth-order valence-electron chi connectivity index (χ4n) is 2.40. The Morgan fingerprint density at radius 3 is 2.57 bits per heavy atom. The Bertz CT molecular complexity index is 507. The van der Waals surface area contributed by atoms with Gasteiger partial charge in [0.05, 0.1) is 4.92 Å². The van der Waals surface area contributed by atoms with Crippen LogP contribution in [0.15, 0.2) is 18.3 Å². The van der Waals surface area contributed by atoms with Crippen LogP contribution in [0, 0.1) is 16.0 Å². The first-order valence-electron chi connectivity index (χ1n) is 7.13. The monoisotopic (exact) mass is 292 g/mol. The van der Waals surface area contributed by atoms with Gasteiger partial charge >= 0.3 is 0 Å². The third-order valence-corrected chi connectivity index (χ3v) is 3.61. The first-order valence-corrected chi connectivity index (χ1v) is 7.13. The summed E-state index contributed by atoms with van der Waals surface area (Å²) in [7, 11) is 0. The number of piperidine rings is 1. The number of rotatable bonds is 4. The highest BCUT2D eigenvalue weighted by molar-refractivity contribution is 5.78. The second-order valence-corrected chi connectivity index (χ2v) is 5.56. The summed E-state index contributed by atoms with van der Waals surface area (Å²) >= 11 is 0. The molecule has 7 nitrogen and oxygen atoms in total. The van der Waals surface area contributed by atoms with E-state index in [9.17, 15) is 14.9 Å². The fourth-order valence-corrected chi connectivity index (χ4v) is 2.40. The molecule has 1 aliphatic rings. The van der Waals surface area contributed by atoms with Crippen LogP contribution < -0.4 is 5.32 Å². The van der Waals surface area contributed by atoms with Crippen LogP contribution in [0.5, 0.6) is 0 Å². The van der Waals surface area contributed by atoms with Crippen LogP contribution in [0.25, 0.3) is 0 Å². The van der Waals surface area contributed by atoms with Gasteiger partial charge in [-0.25, -0.2) is 4.98 Å². The number of hydrogen-bond donors (Lipinski definition) is 1. The molecule has 1 saturated heterocycles. The minimum Gasteiger partial charge on any atom is -0.367 e. The predicted molar refractivity (Wildman–Crippen MR) is 79.0 cm³/mol. The molecule has 21 heavy (non-hydrogen) atoms. The molecule has 2 rings (SSSR count). The number of carbonyl (C=O) groups excluding carboxylic acids is 1. The zero-order valence-corrected chi connectivity index (χ0v) is 12.3. The van der Waals surface area contributed by atoms with E-state index in [0.29, 0.717) is 5.82 Å². The Hall–Kier alpha value is -2.18. The molecule has 114 valence electrons. The van der Waals surface area contributed by atoms with Gasteiger partial charge in [-0.3, -0.25) is 14.9 Å². The molecule has 1 N–H and O–H groups in total. The first-order chi connectivity index (χ1) is 9.97. The minimum atomic E-state index is -0.465. The van der Waals surface area contributed by atoms with E-state index < -0.39 is 4.92 Å². The van der Waals surface area contributed by atoms with Gasteiger partial charge in [0.2, 0.25) is 5.91 Å². The van der Waals surface area contributed by atoms with Crippen molar-refractivity contribution in [2.45, 2.75) is 32.7 Å². The van der Waals surface area contributed by atoms with Gasteiger partial charge in [0.1, 0.15) is 12.0 Å². The number of hydrogen-bond acceptors (Lipinski definition) is 5. The van der Waals surface area contributed by atoms with Crippen molar-refractivity contribution in [2.75, 3.05) is 18.4 Å².